The maximum Gasteiger partial charge on any atom is 0.222 e. The van der Waals surface area contributed by atoms with Crippen molar-refractivity contribution in [1.82, 2.24) is 14.7 Å². The molecule has 26 heavy (non-hydrogen) atoms. The lowest BCUT2D eigenvalue weighted by Crippen LogP contribution is -2.60. The Hall–Kier alpha value is -1.79. The second-order valence-electron chi connectivity index (χ2n) is 7.90. The van der Waals surface area contributed by atoms with Crippen LogP contribution in [0.4, 0.5) is 0 Å². The summed E-state index contributed by atoms with van der Waals surface area (Å²) in [6, 6.07) is 6.28. The van der Waals surface area contributed by atoms with Crippen LogP contribution in [-0.4, -0.2) is 79.6 Å². The van der Waals surface area contributed by atoms with Gasteiger partial charge in [-0.1, -0.05) is 6.07 Å². The zero-order valence-corrected chi connectivity index (χ0v) is 15.9. The summed E-state index contributed by atoms with van der Waals surface area (Å²) in [7, 11) is 4.15. The van der Waals surface area contributed by atoms with E-state index in [4.69, 9.17) is 9.47 Å². The van der Waals surface area contributed by atoms with E-state index in [-0.39, 0.29) is 11.4 Å². The number of rotatable bonds is 2. The lowest BCUT2D eigenvalue weighted by molar-refractivity contribution is -0.129. The first-order valence-corrected chi connectivity index (χ1v) is 9.62. The second-order valence-corrected chi connectivity index (χ2v) is 7.90. The van der Waals surface area contributed by atoms with Crippen LogP contribution in [0.2, 0.25) is 0 Å². The highest BCUT2D eigenvalue weighted by Crippen LogP contribution is 2.34. The molecule has 1 spiro atoms. The van der Waals surface area contributed by atoms with E-state index in [1.165, 1.54) is 5.56 Å². The first kappa shape index (κ1) is 17.6. The first-order chi connectivity index (χ1) is 12.6. The van der Waals surface area contributed by atoms with Crippen LogP contribution in [0, 0.1) is 0 Å². The van der Waals surface area contributed by atoms with Crippen molar-refractivity contribution in [2.45, 2.75) is 31.3 Å². The Bertz CT molecular complexity index is 680. The molecule has 2 fully saturated rings. The summed E-state index contributed by atoms with van der Waals surface area (Å²) in [6.45, 7) is 6.12. The normalized spacial score (nSPS) is 27.6. The van der Waals surface area contributed by atoms with E-state index in [9.17, 15) is 4.79 Å². The molecule has 0 unspecified atom stereocenters. The fraction of sp³-hybridized carbons (Fsp3) is 0.650. The average molecular weight is 359 g/mol. The van der Waals surface area contributed by atoms with Gasteiger partial charge in [0, 0.05) is 51.7 Å². The zero-order valence-electron chi connectivity index (χ0n) is 15.9. The Morgan fingerprint density at radius 2 is 1.85 bits per heavy atom. The summed E-state index contributed by atoms with van der Waals surface area (Å²) >= 11 is 0. The zero-order chi connectivity index (χ0) is 18.1. The van der Waals surface area contributed by atoms with Crippen molar-refractivity contribution >= 4 is 5.91 Å². The fourth-order valence-electron chi connectivity index (χ4n) is 4.42. The van der Waals surface area contributed by atoms with Gasteiger partial charge in [0.25, 0.3) is 0 Å². The molecule has 1 aromatic carbocycles. The van der Waals surface area contributed by atoms with E-state index >= 15 is 0 Å². The molecule has 1 amide bonds. The molecule has 3 aliphatic heterocycles. The largest absolute Gasteiger partial charge is 0.486 e. The summed E-state index contributed by atoms with van der Waals surface area (Å²) in [5.41, 5.74) is 1.36. The highest BCUT2D eigenvalue weighted by molar-refractivity contribution is 5.76. The highest BCUT2D eigenvalue weighted by Gasteiger charge is 2.41. The Morgan fingerprint density at radius 1 is 1.04 bits per heavy atom. The Labute approximate surface area is 155 Å². The molecule has 1 atom stereocenters. The summed E-state index contributed by atoms with van der Waals surface area (Å²) < 4.78 is 11.4. The Morgan fingerprint density at radius 3 is 2.69 bits per heavy atom. The smallest absolute Gasteiger partial charge is 0.222 e. The van der Waals surface area contributed by atoms with Crippen LogP contribution in [-0.2, 0) is 11.3 Å². The molecule has 3 heterocycles. The molecule has 6 nitrogen and oxygen atoms in total. The standard InChI is InChI=1S/C20H29N3O3/c1-21-8-7-20(6-5-19(21)24)15-23(10-9-22(20)2)14-16-3-4-17-18(13-16)26-12-11-25-17/h3-4,13H,5-12,14-15H2,1-2H3/t20-/m0/s1. The molecule has 0 aromatic heterocycles. The van der Waals surface area contributed by atoms with Gasteiger partial charge in [0.15, 0.2) is 11.5 Å². The minimum atomic E-state index is 0.104. The van der Waals surface area contributed by atoms with Gasteiger partial charge in [0.2, 0.25) is 5.91 Å². The number of likely N-dealkylation sites (N-methyl/N-ethyl adjacent to an activating group) is 1. The van der Waals surface area contributed by atoms with E-state index in [0.29, 0.717) is 19.6 Å². The summed E-state index contributed by atoms with van der Waals surface area (Å²) in [6.07, 6.45) is 2.65. The Balaban J connectivity index is 1.47. The van der Waals surface area contributed by atoms with Crippen LogP contribution in [0.1, 0.15) is 24.8 Å². The number of hydrogen-bond acceptors (Lipinski definition) is 5. The van der Waals surface area contributed by atoms with Gasteiger partial charge in [-0.3, -0.25) is 14.6 Å². The molecule has 6 heteroatoms. The van der Waals surface area contributed by atoms with Crippen LogP contribution in [0.25, 0.3) is 0 Å². The van der Waals surface area contributed by atoms with Gasteiger partial charge in [-0.25, -0.2) is 0 Å². The average Bonchev–Trinajstić information content (AvgIpc) is 2.79. The molecular weight excluding hydrogens is 330 g/mol. The maximum absolute atomic E-state index is 12.1. The van der Waals surface area contributed by atoms with Crippen LogP contribution in [0.5, 0.6) is 11.5 Å². The van der Waals surface area contributed by atoms with Gasteiger partial charge in [-0.05, 0) is 37.6 Å². The minimum absolute atomic E-state index is 0.104. The van der Waals surface area contributed by atoms with Crippen LogP contribution in [0.3, 0.4) is 0 Å². The van der Waals surface area contributed by atoms with Crippen molar-refractivity contribution in [2.24, 2.45) is 0 Å². The van der Waals surface area contributed by atoms with Gasteiger partial charge in [-0.15, -0.1) is 0 Å². The van der Waals surface area contributed by atoms with Crippen LogP contribution in [0.15, 0.2) is 18.2 Å². The second kappa shape index (κ2) is 7.08. The van der Waals surface area contributed by atoms with Crippen LogP contribution < -0.4 is 9.47 Å². The fourth-order valence-corrected chi connectivity index (χ4v) is 4.42. The highest BCUT2D eigenvalue weighted by atomic mass is 16.6. The van der Waals surface area contributed by atoms with E-state index in [1.807, 2.05) is 18.0 Å². The predicted octanol–water partition coefficient (Wildman–Crippen LogP) is 1.59. The lowest BCUT2D eigenvalue weighted by atomic mass is 9.86. The van der Waals surface area contributed by atoms with Gasteiger partial charge >= 0.3 is 0 Å². The van der Waals surface area contributed by atoms with Crippen molar-refractivity contribution in [2.75, 3.05) is 53.5 Å². The maximum atomic E-state index is 12.1. The van der Waals surface area contributed by atoms with Gasteiger partial charge in [-0.2, -0.15) is 0 Å². The summed E-state index contributed by atoms with van der Waals surface area (Å²) in [5, 5.41) is 0. The molecule has 0 saturated carbocycles. The van der Waals surface area contributed by atoms with Gasteiger partial charge in [0.1, 0.15) is 13.2 Å². The number of piperazine rings is 1. The number of fused-ring (bicyclic) bond motifs is 1. The van der Waals surface area contributed by atoms with Crippen molar-refractivity contribution in [3.05, 3.63) is 23.8 Å². The van der Waals surface area contributed by atoms with E-state index in [2.05, 4.69) is 29.0 Å². The molecule has 0 aliphatic carbocycles. The molecule has 0 N–H and O–H groups in total. The van der Waals surface area contributed by atoms with Crippen molar-refractivity contribution in [1.29, 1.82) is 0 Å². The van der Waals surface area contributed by atoms with E-state index < -0.39 is 0 Å². The molecule has 0 radical (unpaired) electrons. The topological polar surface area (TPSA) is 45.3 Å². The molecular formula is C20H29N3O3. The minimum Gasteiger partial charge on any atom is -0.486 e. The molecule has 1 aromatic rings. The SMILES string of the molecule is CN1CC[C@@]2(CCC1=O)CN(Cc1ccc3c(c1)OCCO3)CCN2C. The third kappa shape index (κ3) is 3.40. The number of carbonyl (C=O) groups excluding carboxylic acids is 1. The third-order valence-electron chi connectivity index (χ3n) is 6.23. The molecule has 3 aliphatic rings. The van der Waals surface area contributed by atoms with E-state index in [0.717, 1.165) is 57.1 Å². The third-order valence-corrected chi connectivity index (χ3v) is 6.23. The summed E-state index contributed by atoms with van der Waals surface area (Å²) in [4.78, 5) is 19.0. The van der Waals surface area contributed by atoms with E-state index in [1.54, 1.807) is 0 Å². The van der Waals surface area contributed by atoms with Crippen molar-refractivity contribution < 1.29 is 14.3 Å². The van der Waals surface area contributed by atoms with Crippen molar-refractivity contribution in [3.63, 3.8) is 0 Å². The number of amides is 1. The number of likely N-dealkylation sites (tertiary alicyclic amines) is 1. The number of carbonyl (C=O) groups is 1. The predicted molar refractivity (Wildman–Crippen MR) is 99.6 cm³/mol. The van der Waals surface area contributed by atoms with Gasteiger partial charge < -0.3 is 14.4 Å². The molecule has 4 rings (SSSR count). The molecule has 142 valence electrons. The number of benzene rings is 1. The van der Waals surface area contributed by atoms with Crippen molar-refractivity contribution in [3.8, 4) is 11.5 Å². The number of nitrogens with zero attached hydrogens (tertiary/aromatic N) is 3. The number of hydrogen-bond donors (Lipinski definition) is 0. The Kier molecular flexibility index (Phi) is 4.80. The first-order valence-electron chi connectivity index (χ1n) is 9.62. The number of ether oxygens (including phenoxy) is 2. The lowest BCUT2D eigenvalue weighted by Gasteiger charge is -2.49. The monoisotopic (exact) mass is 359 g/mol. The van der Waals surface area contributed by atoms with Crippen LogP contribution >= 0.6 is 0 Å². The quantitative estimate of drug-likeness (QED) is 0.802. The molecule has 2 saturated heterocycles. The molecule has 0 bridgehead atoms. The van der Waals surface area contributed by atoms with Gasteiger partial charge in [0.05, 0.1) is 0 Å². The summed E-state index contributed by atoms with van der Waals surface area (Å²) in [5.74, 6) is 1.98.